The number of halogens is 1. The standard InChI is InChI=1S/C9H12BrNO3S/c1-7-2-3-9(8(10)6-7)15(13,14)11-4-5-12/h2-3,6,11-12H,4-5H2,1H3. The zero-order valence-electron chi connectivity index (χ0n) is 8.20. The minimum atomic E-state index is -3.53. The van der Waals surface area contributed by atoms with E-state index in [9.17, 15) is 8.42 Å². The van der Waals surface area contributed by atoms with E-state index in [2.05, 4.69) is 20.7 Å². The smallest absolute Gasteiger partial charge is 0.241 e. The molecule has 0 amide bonds. The van der Waals surface area contributed by atoms with Crippen molar-refractivity contribution in [3.63, 3.8) is 0 Å². The van der Waals surface area contributed by atoms with Gasteiger partial charge >= 0.3 is 0 Å². The van der Waals surface area contributed by atoms with Crippen LogP contribution in [0.5, 0.6) is 0 Å². The van der Waals surface area contributed by atoms with E-state index >= 15 is 0 Å². The Hall–Kier alpha value is -0.430. The molecule has 0 aromatic heterocycles. The molecule has 0 saturated carbocycles. The first-order chi connectivity index (χ1) is 6.97. The molecule has 0 bridgehead atoms. The molecule has 0 saturated heterocycles. The maximum atomic E-state index is 11.7. The van der Waals surface area contributed by atoms with Crippen molar-refractivity contribution < 1.29 is 13.5 Å². The molecule has 6 heteroatoms. The predicted molar refractivity (Wildman–Crippen MR) is 61.2 cm³/mol. The summed E-state index contributed by atoms with van der Waals surface area (Å²) in [6.45, 7) is 1.67. The number of aryl methyl sites for hydroxylation is 1. The van der Waals surface area contributed by atoms with Crippen LogP contribution in [0.2, 0.25) is 0 Å². The summed E-state index contributed by atoms with van der Waals surface area (Å²) in [7, 11) is -3.53. The number of nitrogens with one attached hydrogen (secondary N) is 1. The number of hydrogen-bond acceptors (Lipinski definition) is 3. The van der Waals surface area contributed by atoms with Crippen molar-refractivity contribution in [3.8, 4) is 0 Å². The number of aliphatic hydroxyl groups is 1. The summed E-state index contributed by atoms with van der Waals surface area (Å²) in [5.41, 5.74) is 0.975. The number of rotatable bonds is 4. The van der Waals surface area contributed by atoms with E-state index in [0.717, 1.165) is 5.56 Å². The first kappa shape index (κ1) is 12.6. The molecule has 0 spiro atoms. The fourth-order valence-corrected chi connectivity index (χ4v) is 3.29. The van der Waals surface area contributed by atoms with Crippen LogP contribution < -0.4 is 4.72 Å². The van der Waals surface area contributed by atoms with E-state index in [-0.39, 0.29) is 18.0 Å². The molecule has 1 rings (SSSR count). The molecule has 0 radical (unpaired) electrons. The molecule has 0 unspecified atom stereocenters. The normalized spacial score (nSPS) is 11.7. The van der Waals surface area contributed by atoms with Crippen LogP contribution in [0.4, 0.5) is 0 Å². The molecular formula is C9H12BrNO3S. The zero-order valence-corrected chi connectivity index (χ0v) is 10.6. The van der Waals surface area contributed by atoms with Gasteiger partial charge in [-0.1, -0.05) is 6.07 Å². The largest absolute Gasteiger partial charge is 0.395 e. The number of aliphatic hydroxyl groups excluding tert-OH is 1. The van der Waals surface area contributed by atoms with Gasteiger partial charge in [0.1, 0.15) is 0 Å². The lowest BCUT2D eigenvalue weighted by molar-refractivity contribution is 0.301. The number of hydrogen-bond donors (Lipinski definition) is 2. The molecule has 84 valence electrons. The molecular weight excluding hydrogens is 282 g/mol. The average molecular weight is 294 g/mol. The Morgan fingerprint density at radius 3 is 2.67 bits per heavy atom. The van der Waals surface area contributed by atoms with E-state index in [4.69, 9.17) is 5.11 Å². The van der Waals surface area contributed by atoms with Crippen LogP contribution in [0.25, 0.3) is 0 Å². The maximum absolute atomic E-state index is 11.7. The molecule has 4 nitrogen and oxygen atoms in total. The lowest BCUT2D eigenvalue weighted by Crippen LogP contribution is -2.26. The van der Waals surface area contributed by atoms with E-state index in [1.54, 1.807) is 12.1 Å². The lowest BCUT2D eigenvalue weighted by atomic mass is 10.2. The topological polar surface area (TPSA) is 66.4 Å². The van der Waals surface area contributed by atoms with Gasteiger partial charge in [0.05, 0.1) is 11.5 Å². The summed E-state index contributed by atoms with van der Waals surface area (Å²) in [5, 5.41) is 8.55. The van der Waals surface area contributed by atoms with Crippen LogP contribution in [0.15, 0.2) is 27.6 Å². The third kappa shape index (κ3) is 3.27. The molecule has 0 aliphatic rings. The third-order valence-electron chi connectivity index (χ3n) is 1.78. The molecule has 2 N–H and O–H groups in total. The Labute approximate surface area is 97.5 Å². The summed E-state index contributed by atoms with van der Waals surface area (Å²) in [4.78, 5) is 0.182. The summed E-state index contributed by atoms with van der Waals surface area (Å²) in [5.74, 6) is 0. The quantitative estimate of drug-likeness (QED) is 0.871. The van der Waals surface area contributed by atoms with E-state index in [0.29, 0.717) is 4.47 Å². The van der Waals surface area contributed by atoms with Crippen molar-refractivity contribution in [1.29, 1.82) is 0 Å². The number of benzene rings is 1. The maximum Gasteiger partial charge on any atom is 0.241 e. The van der Waals surface area contributed by atoms with Crippen LogP contribution in [0.3, 0.4) is 0 Å². The highest BCUT2D eigenvalue weighted by Gasteiger charge is 2.16. The summed E-state index contributed by atoms with van der Waals surface area (Å²) >= 11 is 3.19. The fourth-order valence-electron chi connectivity index (χ4n) is 1.08. The van der Waals surface area contributed by atoms with E-state index < -0.39 is 10.0 Å². The highest BCUT2D eigenvalue weighted by Crippen LogP contribution is 2.22. The molecule has 0 atom stereocenters. The molecule has 15 heavy (non-hydrogen) atoms. The second-order valence-electron chi connectivity index (χ2n) is 3.06. The first-order valence-corrected chi connectivity index (χ1v) is 6.61. The van der Waals surface area contributed by atoms with Gasteiger partial charge in [-0.25, -0.2) is 13.1 Å². The molecule has 0 fully saturated rings. The van der Waals surface area contributed by atoms with E-state index in [1.807, 2.05) is 6.92 Å². The van der Waals surface area contributed by atoms with Crippen molar-refractivity contribution in [2.75, 3.05) is 13.2 Å². The van der Waals surface area contributed by atoms with Gasteiger partial charge in [0.15, 0.2) is 0 Å². The highest BCUT2D eigenvalue weighted by molar-refractivity contribution is 9.10. The number of sulfonamides is 1. The lowest BCUT2D eigenvalue weighted by Gasteiger charge is -2.07. The van der Waals surface area contributed by atoms with Crippen molar-refractivity contribution >= 4 is 26.0 Å². The second-order valence-corrected chi connectivity index (χ2v) is 5.64. The van der Waals surface area contributed by atoms with Gasteiger partial charge in [-0.15, -0.1) is 0 Å². The van der Waals surface area contributed by atoms with Crippen molar-refractivity contribution in [2.24, 2.45) is 0 Å². The van der Waals surface area contributed by atoms with Crippen LogP contribution in [-0.2, 0) is 10.0 Å². The summed E-state index contributed by atoms with van der Waals surface area (Å²) in [6.07, 6.45) is 0. The monoisotopic (exact) mass is 293 g/mol. The van der Waals surface area contributed by atoms with Crippen molar-refractivity contribution in [3.05, 3.63) is 28.2 Å². The van der Waals surface area contributed by atoms with Gasteiger partial charge in [-0.3, -0.25) is 0 Å². The van der Waals surface area contributed by atoms with E-state index in [1.165, 1.54) is 6.07 Å². The Bertz CT molecular complexity index is 445. The Morgan fingerprint density at radius 1 is 1.47 bits per heavy atom. The van der Waals surface area contributed by atoms with Gasteiger partial charge in [0, 0.05) is 11.0 Å². The Balaban J connectivity index is 3.05. The van der Waals surface area contributed by atoms with Crippen LogP contribution in [0.1, 0.15) is 5.56 Å². The SMILES string of the molecule is Cc1ccc(S(=O)(=O)NCCO)c(Br)c1. The van der Waals surface area contributed by atoms with Gasteiger partial charge in [-0.05, 0) is 40.5 Å². The molecule has 0 aliphatic carbocycles. The summed E-state index contributed by atoms with van der Waals surface area (Å²) < 4.78 is 26.1. The predicted octanol–water partition coefficient (Wildman–Crippen LogP) is 1.03. The highest BCUT2D eigenvalue weighted by atomic mass is 79.9. The van der Waals surface area contributed by atoms with Gasteiger partial charge in [-0.2, -0.15) is 0 Å². The first-order valence-electron chi connectivity index (χ1n) is 4.34. The zero-order chi connectivity index (χ0) is 11.5. The molecule has 1 aromatic carbocycles. The van der Waals surface area contributed by atoms with Crippen molar-refractivity contribution in [1.82, 2.24) is 4.72 Å². The minimum Gasteiger partial charge on any atom is -0.395 e. The molecule has 1 aromatic rings. The van der Waals surface area contributed by atoms with Crippen LogP contribution in [-0.4, -0.2) is 26.7 Å². The van der Waals surface area contributed by atoms with Gasteiger partial charge in [0.25, 0.3) is 0 Å². The van der Waals surface area contributed by atoms with Crippen molar-refractivity contribution in [2.45, 2.75) is 11.8 Å². The van der Waals surface area contributed by atoms with Crippen LogP contribution in [0, 0.1) is 6.92 Å². The molecule has 0 heterocycles. The molecule has 0 aliphatic heterocycles. The average Bonchev–Trinajstić information content (AvgIpc) is 2.14. The Morgan fingerprint density at radius 2 is 2.13 bits per heavy atom. The fraction of sp³-hybridized carbons (Fsp3) is 0.333. The minimum absolute atomic E-state index is 0.0165. The third-order valence-corrected chi connectivity index (χ3v) is 4.22. The summed E-state index contributed by atoms with van der Waals surface area (Å²) in [6, 6.07) is 4.98. The second kappa shape index (κ2) is 5.07. The van der Waals surface area contributed by atoms with Gasteiger partial charge in [0.2, 0.25) is 10.0 Å². The van der Waals surface area contributed by atoms with Gasteiger partial charge < -0.3 is 5.11 Å². The van der Waals surface area contributed by atoms with Crippen LogP contribution >= 0.6 is 15.9 Å². The Kier molecular flexibility index (Phi) is 4.27.